The summed E-state index contributed by atoms with van der Waals surface area (Å²) in [5, 5.41) is 4.09. The van der Waals surface area contributed by atoms with Gasteiger partial charge in [-0.15, -0.1) is 0 Å². The number of benzene rings is 2. The fourth-order valence-corrected chi connectivity index (χ4v) is 1.95. The first-order chi connectivity index (χ1) is 10.3. The Hall–Kier alpha value is -2.82. The van der Waals surface area contributed by atoms with Crippen LogP contribution in [0.1, 0.15) is 11.1 Å². The lowest BCUT2D eigenvalue weighted by atomic mass is 10.2. The largest absolute Gasteiger partial charge is 0.256 e. The monoisotopic (exact) mass is 280 g/mol. The van der Waals surface area contributed by atoms with Gasteiger partial charge in [-0.2, -0.15) is 5.10 Å². The molecule has 4 nitrogen and oxygen atoms in total. The molecule has 0 aliphatic heterocycles. The van der Waals surface area contributed by atoms with Gasteiger partial charge in [0.2, 0.25) is 0 Å². The molecule has 0 atom stereocenters. The van der Waals surface area contributed by atoms with E-state index in [9.17, 15) is 4.39 Å². The van der Waals surface area contributed by atoms with Crippen molar-refractivity contribution >= 4 is 11.9 Å². The lowest BCUT2D eigenvalue weighted by Gasteiger charge is -2.05. The van der Waals surface area contributed by atoms with Gasteiger partial charge in [-0.25, -0.2) is 14.1 Å². The molecule has 0 fully saturated rings. The Morgan fingerprint density at radius 2 is 1.90 bits per heavy atom. The van der Waals surface area contributed by atoms with Crippen LogP contribution in [0.15, 0.2) is 66.2 Å². The van der Waals surface area contributed by atoms with Crippen LogP contribution in [-0.4, -0.2) is 21.0 Å². The van der Waals surface area contributed by atoms with E-state index in [0.29, 0.717) is 6.54 Å². The average Bonchev–Trinajstić information content (AvgIpc) is 3.01. The zero-order valence-electron chi connectivity index (χ0n) is 11.2. The molecule has 21 heavy (non-hydrogen) atoms. The number of rotatable bonds is 4. The highest BCUT2D eigenvalue weighted by Gasteiger charge is 2.01. The standard InChI is InChI=1S/C16H13FN4/c17-15-7-5-13(6-8-15)9-19-16-4-2-1-3-14(16)10-21-12-18-11-20-21/h1-9,11-12H,10H2. The zero-order chi connectivity index (χ0) is 14.5. The van der Waals surface area contributed by atoms with Gasteiger partial charge < -0.3 is 0 Å². The van der Waals surface area contributed by atoms with Gasteiger partial charge >= 0.3 is 0 Å². The third-order valence-corrected chi connectivity index (χ3v) is 3.01. The summed E-state index contributed by atoms with van der Waals surface area (Å²) in [7, 11) is 0. The van der Waals surface area contributed by atoms with Gasteiger partial charge in [0.1, 0.15) is 18.5 Å². The molecular formula is C16H13FN4. The molecule has 0 amide bonds. The molecular weight excluding hydrogens is 267 g/mol. The van der Waals surface area contributed by atoms with Crippen LogP contribution in [0, 0.1) is 5.82 Å². The smallest absolute Gasteiger partial charge is 0.137 e. The van der Waals surface area contributed by atoms with Crippen molar-refractivity contribution in [1.29, 1.82) is 0 Å². The normalized spacial score (nSPS) is 11.1. The highest BCUT2D eigenvalue weighted by molar-refractivity contribution is 5.82. The van der Waals surface area contributed by atoms with Gasteiger partial charge in [-0.05, 0) is 29.3 Å². The maximum Gasteiger partial charge on any atom is 0.137 e. The molecule has 5 heteroatoms. The highest BCUT2D eigenvalue weighted by atomic mass is 19.1. The molecule has 1 heterocycles. The predicted molar refractivity (Wildman–Crippen MR) is 79.2 cm³/mol. The molecule has 1 aromatic heterocycles. The molecule has 0 saturated heterocycles. The van der Waals surface area contributed by atoms with E-state index in [1.54, 1.807) is 29.4 Å². The van der Waals surface area contributed by atoms with Crippen molar-refractivity contribution in [2.45, 2.75) is 6.54 Å². The van der Waals surface area contributed by atoms with Crippen molar-refractivity contribution in [2.24, 2.45) is 4.99 Å². The number of nitrogens with zero attached hydrogens (tertiary/aromatic N) is 4. The third-order valence-electron chi connectivity index (χ3n) is 3.01. The van der Waals surface area contributed by atoms with E-state index in [1.807, 2.05) is 24.3 Å². The summed E-state index contributed by atoms with van der Waals surface area (Å²) in [6.45, 7) is 0.608. The van der Waals surface area contributed by atoms with E-state index < -0.39 is 0 Å². The quantitative estimate of drug-likeness (QED) is 0.689. The predicted octanol–water partition coefficient (Wildman–Crippen LogP) is 3.22. The summed E-state index contributed by atoms with van der Waals surface area (Å²) in [5.74, 6) is -0.251. The molecule has 0 bridgehead atoms. The van der Waals surface area contributed by atoms with Crippen molar-refractivity contribution in [1.82, 2.24) is 14.8 Å². The Balaban J connectivity index is 1.83. The van der Waals surface area contributed by atoms with Crippen LogP contribution >= 0.6 is 0 Å². The number of para-hydroxylation sites is 1. The number of halogens is 1. The molecule has 104 valence electrons. The first kappa shape index (κ1) is 13.2. The molecule has 0 spiro atoms. The fourth-order valence-electron chi connectivity index (χ4n) is 1.95. The minimum atomic E-state index is -0.251. The third kappa shape index (κ3) is 3.39. The first-order valence-electron chi connectivity index (χ1n) is 6.51. The second-order valence-corrected chi connectivity index (χ2v) is 4.53. The van der Waals surface area contributed by atoms with Gasteiger partial charge in [-0.1, -0.05) is 30.3 Å². The summed E-state index contributed by atoms with van der Waals surface area (Å²) in [6, 6.07) is 14.1. The zero-order valence-corrected chi connectivity index (χ0v) is 11.2. The van der Waals surface area contributed by atoms with Crippen molar-refractivity contribution in [3.63, 3.8) is 0 Å². The van der Waals surface area contributed by atoms with Crippen LogP contribution in [0.2, 0.25) is 0 Å². The van der Waals surface area contributed by atoms with Gasteiger partial charge in [0.15, 0.2) is 0 Å². The Kier molecular flexibility index (Phi) is 3.82. The summed E-state index contributed by atoms with van der Waals surface area (Å²) >= 11 is 0. The van der Waals surface area contributed by atoms with Crippen molar-refractivity contribution in [2.75, 3.05) is 0 Å². The molecule has 0 saturated carbocycles. The average molecular weight is 280 g/mol. The molecule has 0 N–H and O–H groups in total. The van der Waals surface area contributed by atoms with Gasteiger partial charge in [0.05, 0.1) is 12.2 Å². The second-order valence-electron chi connectivity index (χ2n) is 4.53. The SMILES string of the molecule is Fc1ccc(C=Nc2ccccc2Cn2cncn2)cc1. The van der Waals surface area contributed by atoms with E-state index in [1.165, 1.54) is 18.5 Å². The Bertz CT molecular complexity index is 733. The Morgan fingerprint density at radius 3 is 2.67 bits per heavy atom. The van der Waals surface area contributed by atoms with Gasteiger partial charge in [-0.3, -0.25) is 4.99 Å². The van der Waals surface area contributed by atoms with Gasteiger partial charge in [0, 0.05) is 6.21 Å². The molecule has 3 rings (SSSR count). The second kappa shape index (κ2) is 6.09. The number of aromatic nitrogens is 3. The lowest BCUT2D eigenvalue weighted by molar-refractivity contribution is 0.628. The summed E-state index contributed by atoms with van der Waals surface area (Å²) < 4.78 is 14.6. The van der Waals surface area contributed by atoms with Crippen LogP contribution in [-0.2, 0) is 6.54 Å². The van der Waals surface area contributed by atoms with Gasteiger partial charge in [0.25, 0.3) is 0 Å². The van der Waals surface area contributed by atoms with Crippen LogP contribution in [0.3, 0.4) is 0 Å². The van der Waals surface area contributed by atoms with Crippen LogP contribution < -0.4 is 0 Å². The van der Waals surface area contributed by atoms with E-state index >= 15 is 0 Å². The van der Waals surface area contributed by atoms with E-state index in [-0.39, 0.29) is 5.82 Å². The summed E-state index contributed by atoms with van der Waals surface area (Å²) in [5.41, 5.74) is 2.76. The van der Waals surface area contributed by atoms with Crippen molar-refractivity contribution < 1.29 is 4.39 Å². The Morgan fingerprint density at radius 1 is 1.10 bits per heavy atom. The fraction of sp³-hybridized carbons (Fsp3) is 0.0625. The van der Waals surface area contributed by atoms with Crippen LogP contribution in [0.5, 0.6) is 0 Å². The topological polar surface area (TPSA) is 43.1 Å². The van der Waals surface area contributed by atoms with Crippen molar-refractivity contribution in [3.8, 4) is 0 Å². The minimum Gasteiger partial charge on any atom is -0.256 e. The number of hydrogen-bond acceptors (Lipinski definition) is 3. The summed E-state index contributed by atoms with van der Waals surface area (Å²) in [4.78, 5) is 8.41. The van der Waals surface area contributed by atoms with Crippen molar-refractivity contribution in [3.05, 3.63) is 78.1 Å². The minimum absolute atomic E-state index is 0.251. The highest BCUT2D eigenvalue weighted by Crippen LogP contribution is 2.19. The molecule has 0 aliphatic rings. The van der Waals surface area contributed by atoms with E-state index in [2.05, 4.69) is 15.1 Å². The maximum atomic E-state index is 12.9. The number of aliphatic imine (C=N–C) groups is 1. The molecule has 2 aromatic carbocycles. The molecule has 0 aliphatic carbocycles. The summed E-state index contributed by atoms with van der Waals surface area (Å²) in [6.07, 6.45) is 4.89. The lowest BCUT2D eigenvalue weighted by Crippen LogP contribution is -2.00. The van der Waals surface area contributed by atoms with E-state index in [0.717, 1.165) is 16.8 Å². The first-order valence-corrected chi connectivity index (χ1v) is 6.51. The molecule has 3 aromatic rings. The maximum absolute atomic E-state index is 12.9. The molecule has 0 radical (unpaired) electrons. The van der Waals surface area contributed by atoms with Crippen LogP contribution in [0.25, 0.3) is 0 Å². The van der Waals surface area contributed by atoms with Crippen LogP contribution in [0.4, 0.5) is 10.1 Å². The Labute approximate surface area is 121 Å². The van der Waals surface area contributed by atoms with E-state index in [4.69, 9.17) is 0 Å². The molecule has 0 unspecified atom stereocenters. The number of hydrogen-bond donors (Lipinski definition) is 0.